The number of rotatable bonds is 5. The molecule has 2 unspecified atom stereocenters. The number of halogens is 1. The molecular weight excluding hydrogens is 171 g/mol. The van der Waals surface area contributed by atoms with Crippen LogP contribution in [-0.2, 0) is 4.79 Å². The lowest BCUT2D eigenvalue weighted by molar-refractivity contribution is -0.147. The molecule has 3 nitrogen and oxygen atoms in total. The van der Waals surface area contributed by atoms with Crippen molar-refractivity contribution in [1.29, 1.82) is 0 Å². The van der Waals surface area contributed by atoms with E-state index in [4.69, 9.17) is 10.2 Å². The van der Waals surface area contributed by atoms with E-state index in [2.05, 4.69) is 0 Å². The van der Waals surface area contributed by atoms with Gasteiger partial charge in [-0.3, -0.25) is 0 Å². The van der Waals surface area contributed by atoms with Gasteiger partial charge in [-0.25, -0.2) is 9.18 Å². The summed E-state index contributed by atoms with van der Waals surface area (Å²) in [5, 5.41) is 17.0. The van der Waals surface area contributed by atoms with Gasteiger partial charge in [-0.1, -0.05) is 0 Å². The average molecular weight is 182 g/mol. The Bertz CT molecular complexity index is 131. The predicted molar refractivity (Wildman–Crippen MR) is 41.5 cm³/mol. The van der Waals surface area contributed by atoms with Crippen molar-refractivity contribution < 1.29 is 19.4 Å². The van der Waals surface area contributed by atoms with Gasteiger partial charge in [-0.15, -0.1) is 0 Å². The highest BCUT2D eigenvalue weighted by Crippen LogP contribution is 2.07. The zero-order chi connectivity index (χ0) is 8.85. The lowest BCUT2D eigenvalue weighted by atomic mass is 10.2. The third-order valence-corrected chi connectivity index (χ3v) is 1.84. The highest BCUT2D eigenvalue weighted by Gasteiger charge is 2.24. The van der Waals surface area contributed by atoms with Gasteiger partial charge in [-0.05, 0) is 18.4 Å². The highest BCUT2D eigenvalue weighted by molar-refractivity contribution is 7.98. The van der Waals surface area contributed by atoms with E-state index in [-0.39, 0.29) is 6.42 Å². The van der Waals surface area contributed by atoms with E-state index in [0.29, 0.717) is 5.75 Å². The van der Waals surface area contributed by atoms with Crippen molar-refractivity contribution in [1.82, 2.24) is 0 Å². The molecule has 0 fully saturated rings. The molecule has 0 aliphatic carbocycles. The van der Waals surface area contributed by atoms with E-state index in [0.717, 1.165) is 0 Å². The quantitative estimate of drug-likeness (QED) is 0.651. The Balaban J connectivity index is 3.63. The van der Waals surface area contributed by atoms with Crippen molar-refractivity contribution in [2.45, 2.75) is 18.7 Å². The monoisotopic (exact) mass is 182 g/mol. The smallest absolute Gasteiger partial charge is 0.341 e. The van der Waals surface area contributed by atoms with Crippen molar-refractivity contribution in [3.8, 4) is 0 Å². The Morgan fingerprint density at radius 1 is 1.73 bits per heavy atom. The average Bonchev–Trinajstić information content (AvgIpc) is 1.98. The van der Waals surface area contributed by atoms with E-state index in [1.54, 1.807) is 6.26 Å². The molecule has 5 heteroatoms. The molecule has 0 aromatic rings. The molecule has 66 valence electrons. The Kier molecular flexibility index (Phi) is 5.23. The summed E-state index contributed by atoms with van der Waals surface area (Å²) in [5.41, 5.74) is 0. The van der Waals surface area contributed by atoms with E-state index < -0.39 is 18.2 Å². The minimum atomic E-state index is -2.15. The molecule has 11 heavy (non-hydrogen) atoms. The maximum absolute atomic E-state index is 12.4. The molecule has 0 bridgehead atoms. The summed E-state index contributed by atoms with van der Waals surface area (Å²) in [4.78, 5) is 9.96. The first-order chi connectivity index (χ1) is 5.09. The lowest BCUT2D eigenvalue weighted by Crippen LogP contribution is -2.30. The second-order valence-electron chi connectivity index (χ2n) is 2.09. The van der Waals surface area contributed by atoms with Crippen LogP contribution in [0.4, 0.5) is 4.39 Å². The summed E-state index contributed by atoms with van der Waals surface area (Å²) >= 11 is 1.44. The van der Waals surface area contributed by atoms with Crippen molar-refractivity contribution in [2.75, 3.05) is 12.0 Å². The van der Waals surface area contributed by atoms with Gasteiger partial charge in [0, 0.05) is 0 Å². The number of hydrogen-bond donors (Lipinski definition) is 2. The molecular formula is C6H11FO3S. The minimum Gasteiger partial charge on any atom is -0.479 e. The Morgan fingerprint density at radius 2 is 2.27 bits per heavy atom. The summed E-state index contributed by atoms with van der Waals surface area (Å²) in [5.74, 6) is -1.03. The molecule has 0 aliphatic heterocycles. The summed E-state index contributed by atoms with van der Waals surface area (Å²) in [6, 6.07) is 0. The van der Waals surface area contributed by atoms with Gasteiger partial charge in [0.1, 0.15) is 0 Å². The second kappa shape index (κ2) is 5.37. The first kappa shape index (κ1) is 10.7. The van der Waals surface area contributed by atoms with E-state index in [1.807, 2.05) is 0 Å². The minimum absolute atomic E-state index is 0.175. The first-order valence-corrected chi connectivity index (χ1v) is 4.53. The topological polar surface area (TPSA) is 57.5 Å². The fraction of sp³-hybridized carbons (Fsp3) is 0.833. The number of carboxylic acid groups (broad SMARTS) is 1. The molecule has 0 saturated carbocycles. The van der Waals surface area contributed by atoms with Gasteiger partial charge in [0.05, 0.1) is 6.10 Å². The van der Waals surface area contributed by atoms with Crippen molar-refractivity contribution in [2.24, 2.45) is 0 Å². The molecule has 0 rings (SSSR count). The van der Waals surface area contributed by atoms with E-state index in [1.165, 1.54) is 11.8 Å². The Hall–Kier alpha value is -0.290. The molecule has 0 radical (unpaired) electrons. The van der Waals surface area contributed by atoms with Crippen LogP contribution in [0.1, 0.15) is 6.42 Å². The van der Waals surface area contributed by atoms with Crippen LogP contribution in [0.3, 0.4) is 0 Å². The first-order valence-electron chi connectivity index (χ1n) is 3.13. The zero-order valence-corrected chi connectivity index (χ0v) is 6.97. The summed E-state index contributed by atoms with van der Waals surface area (Å²) < 4.78 is 12.4. The summed E-state index contributed by atoms with van der Waals surface area (Å²) in [6.45, 7) is 0. The molecule has 0 aromatic carbocycles. The number of carboxylic acids is 1. The molecule has 2 atom stereocenters. The van der Waals surface area contributed by atoms with Crippen LogP contribution in [0.25, 0.3) is 0 Å². The van der Waals surface area contributed by atoms with Gasteiger partial charge in [0.25, 0.3) is 0 Å². The maximum Gasteiger partial charge on any atom is 0.341 e. The van der Waals surface area contributed by atoms with Gasteiger partial charge >= 0.3 is 5.97 Å². The van der Waals surface area contributed by atoms with Gasteiger partial charge in [0.15, 0.2) is 0 Å². The lowest BCUT2D eigenvalue weighted by Gasteiger charge is -2.10. The number of carbonyl (C=O) groups is 1. The van der Waals surface area contributed by atoms with Crippen molar-refractivity contribution >= 4 is 17.7 Å². The van der Waals surface area contributed by atoms with Gasteiger partial charge in [-0.2, -0.15) is 11.8 Å². The molecule has 0 aliphatic rings. The van der Waals surface area contributed by atoms with E-state index in [9.17, 15) is 9.18 Å². The number of hydrogen-bond acceptors (Lipinski definition) is 3. The Labute approximate surface area is 68.6 Å². The summed E-state index contributed by atoms with van der Waals surface area (Å²) in [6.07, 6.45) is -1.54. The van der Waals surface area contributed by atoms with Crippen LogP contribution in [0.15, 0.2) is 0 Å². The van der Waals surface area contributed by atoms with Crippen LogP contribution in [0.5, 0.6) is 0 Å². The van der Waals surface area contributed by atoms with Crippen LogP contribution < -0.4 is 0 Å². The van der Waals surface area contributed by atoms with E-state index >= 15 is 0 Å². The van der Waals surface area contributed by atoms with Crippen LogP contribution in [0.2, 0.25) is 0 Å². The van der Waals surface area contributed by atoms with Crippen molar-refractivity contribution in [3.05, 3.63) is 0 Å². The maximum atomic E-state index is 12.4. The molecule has 0 amide bonds. The van der Waals surface area contributed by atoms with Crippen molar-refractivity contribution in [3.63, 3.8) is 0 Å². The molecule has 2 N–H and O–H groups in total. The summed E-state index contributed by atoms with van der Waals surface area (Å²) in [7, 11) is 0. The van der Waals surface area contributed by atoms with Crippen LogP contribution in [0, 0.1) is 0 Å². The normalized spacial score (nSPS) is 15.9. The number of thioether (sulfide) groups is 1. The molecule has 0 spiro atoms. The van der Waals surface area contributed by atoms with Crippen LogP contribution in [-0.4, -0.2) is 40.5 Å². The number of aliphatic hydroxyl groups is 1. The Morgan fingerprint density at radius 3 is 2.64 bits per heavy atom. The third-order valence-electron chi connectivity index (χ3n) is 1.19. The second-order valence-corrected chi connectivity index (χ2v) is 3.07. The fourth-order valence-electron chi connectivity index (χ4n) is 0.550. The largest absolute Gasteiger partial charge is 0.479 e. The molecule has 0 heterocycles. The predicted octanol–water partition coefficient (Wildman–Crippen LogP) is 0.523. The number of aliphatic hydroxyl groups excluding tert-OH is 1. The zero-order valence-electron chi connectivity index (χ0n) is 6.16. The molecule has 0 aromatic heterocycles. The van der Waals surface area contributed by atoms with Gasteiger partial charge in [0.2, 0.25) is 6.17 Å². The SMILES string of the molecule is CSCCC(O)C(F)C(=O)O. The van der Waals surface area contributed by atoms with Gasteiger partial charge < -0.3 is 10.2 Å². The highest BCUT2D eigenvalue weighted by atomic mass is 32.2. The number of alkyl halides is 1. The molecule has 0 saturated heterocycles. The van der Waals surface area contributed by atoms with Crippen LogP contribution >= 0.6 is 11.8 Å². The number of aliphatic carboxylic acids is 1. The standard InChI is InChI=1S/C6H11FO3S/c1-11-3-2-4(8)5(7)6(9)10/h4-5,8H,2-3H2,1H3,(H,9,10). The third kappa shape index (κ3) is 4.21. The fourth-order valence-corrected chi connectivity index (χ4v) is 1.03.